The molecule has 3 rings (SSSR count). The lowest BCUT2D eigenvalue weighted by molar-refractivity contribution is -0.139. The molecule has 34 heavy (non-hydrogen) atoms. The molecule has 0 bridgehead atoms. The molecule has 3 heterocycles. The molecule has 0 saturated heterocycles. The van der Waals surface area contributed by atoms with Crippen molar-refractivity contribution in [3.63, 3.8) is 0 Å². The van der Waals surface area contributed by atoms with E-state index < -0.39 is 36.1 Å². The Morgan fingerprint density at radius 3 is 1.44 bits per heavy atom. The Kier molecular flexibility index (Phi) is 6.56. The molecular formula is C21H22N6O7. The van der Waals surface area contributed by atoms with E-state index >= 15 is 0 Å². The third-order valence-corrected chi connectivity index (χ3v) is 4.81. The molecule has 0 unspecified atom stereocenters. The molecule has 13 nitrogen and oxygen atoms in total. The summed E-state index contributed by atoms with van der Waals surface area (Å²) >= 11 is 0. The van der Waals surface area contributed by atoms with Crippen LogP contribution in [0.15, 0.2) is 36.8 Å². The molecule has 3 amide bonds. The first-order valence-corrected chi connectivity index (χ1v) is 9.81. The second kappa shape index (κ2) is 9.36. The van der Waals surface area contributed by atoms with Gasteiger partial charge in [0.2, 0.25) is 5.91 Å². The van der Waals surface area contributed by atoms with Gasteiger partial charge in [0.15, 0.2) is 0 Å². The Morgan fingerprint density at radius 2 is 1.06 bits per heavy atom. The second-order valence-corrected chi connectivity index (χ2v) is 7.51. The Labute approximate surface area is 192 Å². The van der Waals surface area contributed by atoms with Crippen LogP contribution in [0.2, 0.25) is 0 Å². The predicted molar refractivity (Wildman–Crippen MR) is 120 cm³/mol. The first-order valence-electron chi connectivity index (χ1n) is 9.81. The van der Waals surface area contributed by atoms with Crippen LogP contribution in [0.5, 0.6) is 0 Å². The molecule has 0 aliphatic rings. The van der Waals surface area contributed by atoms with Crippen LogP contribution in [-0.4, -0.2) is 53.6 Å². The molecule has 0 spiro atoms. The zero-order valence-electron chi connectivity index (χ0n) is 18.4. The van der Waals surface area contributed by atoms with Crippen LogP contribution in [0.1, 0.15) is 37.9 Å². The van der Waals surface area contributed by atoms with Crippen molar-refractivity contribution in [3.05, 3.63) is 53.9 Å². The highest BCUT2D eigenvalue weighted by Crippen LogP contribution is 2.19. The minimum Gasteiger partial charge on any atom is -0.481 e. The topological polar surface area (TPSA) is 177 Å². The number of carboxylic acids is 2. The fourth-order valence-corrected chi connectivity index (χ4v) is 3.30. The van der Waals surface area contributed by atoms with Gasteiger partial charge >= 0.3 is 11.9 Å². The Morgan fingerprint density at radius 1 is 0.676 bits per heavy atom. The summed E-state index contributed by atoms with van der Waals surface area (Å²) in [6.07, 6.45) is 3.75. The summed E-state index contributed by atoms with van der Waals surface area (Å²) < 4.78 is 4.32. The van der Waals surface area contributed by atoms with Crippen molar-refractivity contribution >= 4 is 46.7 Å². The maximum absolute atomic E-state index is 12.7. The number of hydrogen-bond donors (Lipinski definition) is 5. The Balaban J connectivity index is 1.69. The predicted octanol–water partition coefficient (Wildman–Crippen LogP) is 1.32. The average molecular weight is 470 g/mol. The van der Waals surface area contributed by atoms with Crippen molar-refractivity contribution in [1.29, 1.82) is 0 Å². The number of aromatic carboxylic acids is 1. The largest absolute Gasteiger partial charge is 0.481 e. The minimum absolute atomic E-state index is 0.0104. The number of carbonyl (C=O) groups excluding carboxylic acids is 3. The Bertz CT molecular complexity index is 1310. The van der Waals surface area contributed by atoms with Gasteiger partial charge in [0.25, 0.3) is 11.8 Å². The molecule has 0 radical (unpaired) electrons. The molecule has 0 aliphatic heterocycles. The number of nitrogens with zero attached hydrogens (tertiary/aromatic N) is 3. The van der Waals surface area contributed by atoms with Crippen LogP contribution in [0.4, 0.5) is 17.1 Å². The number of aryl methyl sites for hydroxylation is 3. The second-order valence-electron chi connectivity index (χ2n) is 7.51. The molecule has 0 aliphatic carbocycles. The van der Waals surface area contributed by atoms with E-state index in [1.54, 1.807) is 21.1 Å². The lowest BCUT2D eigenvalue weighted by Gasteiger charge is -2.03. The summed E-state index contributed by atoms with van der Waals surface area (Å²) in [5, 5.41) is 25.5. The molecule has 0 saturated carbocycles. The highest BCUT2D eigenvalue weighted by molar-refractivity contribution is 6.08. The normalized spacial score (nSPS) is 10.6. The highest BCUT2D eigenvalue weighted by atomic mass is 16.4. The summed E-state index contributed by atoms with van der Waals surface area (Å²) in [4.78, 5) is 58.7. The van der Waals surface area contributed by atoms with Crippen molar-refractivity contribution in [2.45, 2.75) is 6.42 Å². The van der Waals surface area contributed by atoms with E-state index in [-0.39, 0.29) is 22.8 Å². The molecule has 13 heteroatoms. The van der Waals surface area contributed by atoms with Gasteiger partial charge in [-0.2, -0.15) is 0 Å². The van der Waals surface area contributed by atoms with Gasteiger partial charge in [-0.3, -0.25) is 19.2 Å². The number of carboxylic acid groups (broad SMARTS) is 2. The fourth-order valence-electron chi connectivity index (χ4n) is 3.30. The van der Waals surface area contributed by atoms with Crippen LogP contribution in [-0.2, 0) is 30.7 Å². The van der Waals surface area contributed by atoms with E-state index in [1.807, 2.05) is 0 Å². The van der Waals surface area contributed by atoms with Crippen LogP contribution in [0, 0.1) is 0 Å². The van der Waals surface area contributed by atoms with Crippen molar-refractivity contribution in [2.75, 3.05) is 16.0 Å². The molecule has 3 aromatic rings. The zero-order valence-corrected chi connectivity index (χ0v) is 18.4. The number of aliphatic carboxylic acids is 1. The number of anilines is 3. The SMILES string of the molecule is Cn1cc(NC(=O)c2cc(NC(=O)c3cc(NC(=O)CC(=O)O)cn3C)cn2C)cc1C(=O)O. The number of rotatable bonds is 8. The third kappa shape index (κ3) is 5.32. The van der Waals surface area contributed by atoms with E-state index in [4.69, 9.17) is 10.2 Å². The summed E-state index contributed by atoms with van der Waals surface area (Å²) in [6.45, 7) is 0. The number of aromatic nitrogens is 3. The first kappa shape index (κ1) is 23.8. The lowest BCUT2D eigenvalue weighted by atomic mass is 10.3. The molecule has 0 atom stereocenters. The molecule has 0 aromatic carbocycles. The van der Waals surface area contributed by atoms with Gasteiger partial charge in [-0.15, -0.1) is 0 Å². The Hall–Kier alpha value is -4.81. The molecule has 0 fully saturated rings. The third-order valence-electron chi connectivity index (χ3n) is 4.81. The standard InChI is InChI=1S/C21H22N6O7/c1-25-8-11(22-17(28)7-18(29)30)4-14(25)19(31)23-12-5-15(26(2)9-12)20(32)24-13-6-16(21(33)34)27(3)10-13/h4-6,8-10H,7H2,1-3H3,(H,22,28)(H,23,31)(H,24,32)(H,29,30)(H,33,34). The molecule has 3 aromatic heterocycles. The van der Waals surface area contributed by atoms with E-state index in [0.29, 0.717) is 11.4 Å². The highest BCUT2D eigenvalue weighted by Gasteiger charge is 2.18. The summed E-state index contributed by atoms with van der Waals surface area (Å²) in [5.41, 5.74) is 1.30. The minimum atomic E-state index is -1.27. The van der Waals surface area contributed by atoms with Crippen LogP contribution < -0.4 is 16.0 Å². The van der Waals surface area contributed by atoms with Crippen molar-refractivity contribution in [2.24, 2.45) is 21.1 Å². The molecule has 5 N–H and O–H groups in total. The maximum Gasteiger partial charge on any atom is 0.352 e. The van der Waals surface area contributed by atoms with E-state index in [2.05, 4.69) is 16.0 Å². The van der Waals surface area contributed by atoms with Gasteiger partial charge < -0.3 is 39.9 Å². The van der Waals surface area contributed by atoms with Gasteiger partial charge in [0, 0.05) is 39.7 Å². The van der Waals surface area contributed by atoms with Gasteiger partial charge in [0.05, 0.1) is 17.1 Å². The van der Waals surface area contributed by atoms with E-state index in [1.165, 1.54) is 50.5 Å². The summed E-state index contributed by atoms with van der Waals surface area (Å²) in [7, 11) is 4.73. The van der Waals surface area contributed by atoms with Gasteiger partial charge in [-0.05, 0) is 18.2 Å². The van der Waals surface area contributed by atoms with Crippen LogP contribution in [0.25, 0.3) is 0 Å². The average Bonchev–Trinajstić information content (AvgIpc) is 3.37. The number of hydrogen-bond acceptors (Lipinski definition) is 5. The number of carbonyl (C=O) groups is 5. The van der Waals surface area contributed by atoms with Crippen LogP contribution in [0.3, 0.4) is 0 Å². The van der Waals surface area contributed by atoms with Gasteiger partial charge in [-0.25, -0.2) is 4.79 Å². The maximum atomic E-state index is 12.7. The van der Waals surface area contributed by atoms with Gasteiger partial charge in [0.1, 0.15) is 23.5 Å². The van der Waals surface area contributed by atoms with Gasteiger partial charge in [-0.1, -0.05) is 0 Å². The number of amides is 3. The smallest absolute Gasteiger partial charge is 0.352 e. The van der Waals surface area contributed by atoms with Crippen molar-refractivity contribution in [3.8, 4) is 0 Å². The molecule has 178 valence electrons. The van der Waals surface area contributed by atoms with Crippen molar-refractivity contribution in [1.82, 2.24) is 13.7 Å². The summed E-state index contributed by atoms with van der Waals surface area (Å²) in [6, 6.07) is 4.17. The lowest BCUT2D eigenvalue weighted by Crippen LogP contribution is -2.15. The monoisotopic (exact) mass is 470 g/mol. The number of nitrogens with one attached hydrogen (secondary N) is 3. The van der Waals surface area contributed by atoms with E-state index in [9.17, 15) is 24.0 Å². The van der Waals surface area contributed by atoms with E-state index in [0.717, 1.165) is 0 Å². The fraction of sp³-hybridized carbons (Fsp3) is 0.190. The zero-order chi connectivity index (χ0) is 25.2. The quantitative estimate of drug-likeness (QED) is 0.308. The first-order chi connectivity index (χ1) is 15.9. The molecular weight excluding hydrogens is 448 g/mol. The summed E-state index contributed by atoms with van der Waals surface area (Å²) in [5.74, 6) is -4.15. The van der Waals surface area contributed by atoms with Crippen LogP contribution >= 0.6 is 0 Å². The van der Waals surface area contributed by atoms with Crippen molar-refractivity contribution < 1.29 is 34.2 Å².